The van der Waals surface area contributed by atoms with E-state index in [1.165, 1.54) is 62.2 Å². The van der Waals surface area contributed by atoms with Gasteiger partial charge in [-0.25, -0.2) is 9.59 Å². The van der Waals surface area contributed by atoms with Crippen LogP contribution in [0.1, 0.15) is 116 Å². The Morgan fingerprint density at radius 2 is 1.02 bits per heavy atom. The number of hydrogen-bond donors (Lipinski definition) is 0. The number of carbonyl (C=O) groups excluding carboxylic acids is 2. The van der Waals surface area contributed by atoms with Crippen LogP contribution in [0.4, 0.5) is 0 Å². The van der Waals surface area contributed by atoms with Crippen LogP contribution in [-0.4, -0.2) is 36.1 Å². The summed E-state index contributed by atoms with van der Waals surface area (Å²) in [6.45, 7) is 4.12. The normalized spacial score (nSPS) is 15.3. The Morgan fingerprint density at radius 1 is 0.583 bits per heavy atom. The Morgan fingerprint density at radius 3 is 1.43 bits per heavy atom. The molecule has 8 heteroatoms. The molecular weight excluding hydrogens is 749 g/mol. The van der Waals surface area contributed by atoms with Gasteiger partial charge in [0, 0.05) is 24.8 Å². The summed E-state index contributed by atoms with van der Waals surface area (Å²) in [7, 11) is 2.83. The molecule has 2 atom stereocenters. The molecule has 308 valence electrons. The van der Waals surface area contributed by atoms with Crippen LogP contribution in [-0.2, 0) is 35.2 Å². The van der Waals surface area contributed by atoms with Gasteiger partial charge in [0.25, 0.3) is 0 Å². The van der Waals surface area contributed by atoms with Crippen LogP contribution in [0.2, 0.25) is 0 Å². The molecule has 0 saturated heterocycles. The summed E-state index contributed by atoms with van der Waals surface area (Å²) in [5.74, 6) is 3.95. The molecule has 4 aromatic carbocycles. The zero-order valence-corrected chi connectivity index (χ0v) is 35.1. The lowest BCUT2D eigenvalue weighted by molar-refractivity contribution is 0.0590. The number of fused-ring (bicyclic) bond motifs is 2. The van der Waals surface area contributed by atoms with Crippen LogP contribution in [0.25, 0.3) is 0 Å². The van der Waals surface area contributed by atoms with Gasteiger partial charge < -0.3 is 18.9 Å². The van der Waals surface area contributed by atoms with Crippen molar-refractivity contribution in [2.75, 3.05) is 14.2 Å². The first-order valence-corrected chi connectivity index (χ1v) is 21.1. The topological polar surface area (TPSA) is 96.8 Å². The molecule has 0 unspecified atom stereocenters. The summed E-state index contributed by atoms with van der Waals surface area (Å²) in [5, 5.41) is 0. The van der Waals surface area contributed by atoms with Crippen molar-refractivity contribution >= 4 is 11.9 Å². The van der Waals surface area contributed by atoms with E-state index in [1.807, 2.05) is 36.4 Å². The van der Waals surface area contributed by atoms with E-state index in [4.69, 9.17) is 18.9 Å². The van der Waals surface area contributed by atoms with E-state index in [-0.39, 0.29) is 11.9 Å². The number of pyridine rings is 2. The zero-order chi connectivity index (χ0) is 41.8. The second-order valence-electron chi connectivity index (χ2n) is 15.8. The summed E-state index contributed by atoms with van der Waals surface area (Å²) < 4.78 is 22.1. The molecule has 0 fully saturated rings. The van der Waals surface area contributed by atoms with Crippen LogP contribution in [0, 0.1) is 13.8 Å². The van der Waals surface area contributed by atoms with Crippen molar-refractivity contribution in [2.45, 2.75) is 89.9 Å². The van der Waals surface area contributed by atoms with Gasteiger partial charge in [0.05, 0.1) is 25.3 Å². The van der Waals surface area contributed by atoms with Gasteiger partial charge in [0.1, 0.15) is 23.0 Å². The standard InChI is InChI=1S/2C26H27NO3/c2*1-18-6-3-4-9-25(18)30-22-12-13-23-19(7-5-8-20(23)16-22)10-11-21-17-27-15-14-24(21)26(28)29-2/h2*3-4,6,9,12-17,19H,5,7-8,10-11H2,1-2H3/t2*19-/m10/s1. The van der Waals surface area contributed by atoms with Gasteiger partial charge in [0.2, 0.25) is 0 Å². The van der Waals surface area contributed by atoms with E-state index in [9.17, 15) is 9.59 Å². The van der Waals surface area contributed by atoms with Gasteiger partial charge >= 0.3 is 11.9 Å². The fourth-order valence-corrected chi connectivity index (χ4v) is 8.64. The lowest BCUT2D eigenvalue weighted by Gasteiger charge is -2.26. The zero-order valence-electron chi connectivity index (χ0n) is 35.1. The highest BCUT2D eigenvalue weighted by Gasteiger charge is 2.24. The van der Waals surface area contributed by atoms with Crippen LogP contribution < -0.4 is 9.47 Å². The second-order valence-corrected chi connectivity index (χ2v) is 15.8. The molecule has 0 spiro atoms. The van der Waals surface area contributed by atoms with E-state index in [1.54, 1.807) is 36.9 Å². The third kappa shape index (κ3) is 10.3. The Bertz CT molecular complexity index is 2260. The monoisotopic (exact) mass is 802 g/mol. The smallest absolute Gasteiger partial charge is 0.338 e. The molecule has 0 saturated carbocycles. The van der Waals surface area contributed by atoms with Gasteiger partial charge in [-0.2, -0.15) is 0 Å². The first-order chi connectivity index (χ1) is 29.3. The number of carbonyl (C=O) groups is 2. The van der Waals surface area contributed by atoms with Crippen LogP contribution in [0.3, 0.4) is 0 Å². The van der Waals surface area contributed by atoms with E-state index < -0.39 is 0 Å². The largest absolute Gasteiger partial charge is 0.465 e. The Kier molecular flexibility index (Phi) is 14.0. The van der Waals surface area contributed by atoms with Gasteiger partial charge in [-0.15, -0.1) is 0 Å². The lowest BCUT2D eigenvalue weighted by atomic mass is 9.79. The summed E-state index contributed by atoms with van der Waals surface area (Å²) in [5.41, 5.74) is 11.0. The molecule has 2 aliphatic rings. The van der Waals surface area contributed by atoms with Crippen molar-refractivity contribution in [1.29, 1.82) is 0 Å². The molecule has 6 aromatic rings. The van der Waals surface area contributed by atoms with Crippen molar-refractivity contribution in [3.63, 3.8) is 0 Å². The molecular formula is C52H54N2O6. The SMILES string of the molecule is COC(=O)c1ccncc1CC[C@@H]1CCCc2cc(Oc3ccccc3C)ccc21.COC(=O)c1ccncc1CC[C@H]1CCCc2cc(Oc3ccccc3C)ccc21. The van der Waals surface area contributed by atoms with Crippen molar-refractivity contribution < 1.29 is 28.5 Å². The fourth-order valence-electron chi connectivity index (χ4n) is 8.64. The number of benzene rings is 4. The maximum atomic E-state index is 12.0. The molecule has 8 rings (SSSR count). The summed E-state index contributed by atoms with van der Waals surface area (Å²) in [6, 6.07) is 32.6. The van der Waals surface area contributed by atoms with Crippen LogP contribution in [0.5, 0.6) is 23.0 Å². The maximum Gasteiger partial charge on any atom is 0.338 e. The minimum absolute atomic E-state index is 0.297. The summed E-state index contributed by atoms with van der Waals surface area (Å²) in [4.78, 5) is 32.5. The molecule has 2 heterocycles. The number of hydrogen-bond acceptors (Lipinski definition) is 8. The highest BCUT2D eigenvalue weighted by molar-refractivity contribution is 5.91. The number of para-hydroxylation sites is 2. The molecule has 0 radical (unpaired) electrons. The molecule has 0 amide bonds. The molecule has 60 heavy (non-hydrogen) atoms. The Labute approximate surface area is 353 Å². The number of aromatic nitrogens is 2. The molecule has 8 nitrogen and oxygen atoms in total. The molecule has 2 aromatic heterocycles. The average molecular weight is 803 g/mol. The maximum absolute atomic E-state index is 12.0. The predicted octanol–water partition coefficient (Wildman–Crippen LogP) is 12.0. The van der Waals surface area contributed by atoms with Crippen LogP contribution in [0.15, 0.2) is 122 Å². The fraction of sp³-hybridized carbons (Fsp3) is 0.308. The van der Waals surface area contributed by atoms with Gasteiger partial charge in [-0.1, -0.05) is 48.5 Å². The quantitative estimate of drug-likeness (QED) is 0.113. The summed E-state index contributed by atoms with van der Waals surface area (Å²) in [6.07, 6.45) is 17.3. The van der Waals surface area contributed by atoms with Crippen molar-refractivity contribution in [1.82, 2.24) is 9.97 Å². The molecule has 0 aliphatic heterocycles. The number of rotatable bonds is 12. The highest BCUT2D eigenvalue weighted by Crippen LogP contribution is 2.39. The van der Waals surface area contributed by atoms with Crippen LogP contribution >= 0.6 is 0 Å². The number of esters is 2. The van der Waals surface area contributed by atoms with Gasteiger partial charge in [-0.05, 0) is 183 Å². The van der Waals surface area contributed by atoms with E-state index in [2.05, 4.69) is 72.3 Å². The number of aryl methyl sites for hydroxylation is 6. The van der Waals surface area contributed by atoms with Gasteiger partial charge in [-0.3, -0.25) is 9.97 Å². The summed E-state index contributed by atoms with van der Waals surface area (Å²) >= 11 is 0. The molecule has 0 N–H and O–H groups in total. The second kappa shape index (κ2) is 20.1. The van der Waals surface area contributed by atoms with Crippen molar-refractivity contribution in [3.8, 4) is 23.0 Å². The average Bonchev–Trinajstić information content (AvgIpc) is 3.28. The first-order valence-electron chi connectivity index (χ1n) is 21.1. The third-order valence-electron chi connectivity index (χ3n) is 11.9. The number of methoxy groups -OCH3 is 2. The number of ether oxygens (including phenoxy) is 4. The Hall–Kier alpha value is -6.28. The van der Waals surface area contributed by atoms with E-state index >= 15 is 0 Å². The third-order valence-corrected chi connectivity index (χ3v) is 11.9. The highest BCUT2D eigenvalue weighted by atomic mass is 16.5. The minimum Gasteiger partial charge on any atom is -0.465 e. The predicted molar refractivity (Wildman–Crippen MR) is 235 cm³/mol. The molecule has 2 aliphatic carbocycles. The minimum atomic E-state index is -0.297. The lowest BCUT2D eigenvalue weighted by Crippen LogP contribution is -2.12. The number of nitrogens with zero attached hydrogens (tertiary/aromatic N) is 2. The Balaban J connectivity index is 0.000000181. The van der Waals surface area contributed by atoms with Gasteiger partial charge in [0.15, 0.2) is 0 Å². The van der Waals surface area contributed by atoms with Crippen molar-refractivity contribution in [2.24, 2.45) is 0 Å². The van der Waals surface area contributed by atoms with Crippen molar-refractivity contribution in [3.05, 3.63) is 177 Å². The van der Waals surface area contributed by atoms with E-state index in [0.717, 1.165) is 83.8 Å². The molecule has 0 bridgehead atoms. The van der Waals surface area contributed by atoms with E-state index in [0.29, 0.717) is 23.0 Å². The first kappa shape index (κ1) is 41.9.